The van der Waals surface area contributed by atoms with Crippen LogP contribution in [0.2, 0.25) is 5.02 Å². The van der Waals surface area contributed by atoms with Crippen LogP contribution in [-0.4, -0.2) is 6.54 Å². The normalized spacial score (nSPS) is 11.9. The highest BCUT2D eigenvalue weighted by molar-refractivity contribution is 9.10. The zero-order chi connectivity index (χ0) is 10.9. The Morgan fingerprint density at radius 2 is 2.00 bits per heavy atom. The van der Waals surface area contributed by atoms with Gasteiger partial charge in [-0.1, -0.05) is 27.5 Å². The Kier molecular flexibility index (Phi) is 3.44. The summed E-state index contributed by atoms with van der Waals surface area (Å²) in [5.74, 6) is -4.56. The van der Waals surface area contributed by atoms with Crippen molar-refractivity contribution in [3.05, 3.63) is 33.0 Å². The molecule has 1 aromatic rings. The van der Waals surface area contributed by atoms with Crippen molar-refractivity contribution in [2.24, 2.45) is 5.73 Å². The first-order valence-corrected chi connectivity index (χ1v) is 4.79. The first-order valence-electron chi connectivity index (χ1n) is 3.62. The molecule has 0 heterocycles. The number of halogens is 5. The van der Waals surface area contributed by atoms with Gasteiger partial charge >= 0.3 is 0 Å². The van der Waals surface area contributed by atoms with Crippen molar-refractivity contribution in [2.45, 2.75) is 5.92 Å². The monoisotopic (exact) mass is 287 g/mol. The van der Waals surface area contributed by atoms with E-state index in [1.54, 1.807) is 0 Å². The fraction of sp³-hybridized carbons (Fsp3) is 0.250. The average molecular weight is 288 g/mol. The molecule has 0 aromatic heterocycles. The summed E-state index contributed by atoms with van der Waals surface area (Å²) in [5.41, 5.74) is 4.05. The Hall–Kier alpha value is -0.260. The van der Waals surface area contributed by atoms with Gasteiger partial charge in [0.1, 0.15) is 0 Å². The Morgan fingerprint density at radius 3 is 2.50 bits per heavy atom. The van der Waals surface area contributed by atoms with Crippen LogP contribution in [0.1, 0.15) is 5.56 Å². The Bertz CT molecular complexity index is 357. The molecule has 0 amide bonds. The molecule has 0 aliphatic rings. The highest BCUT2D eigenvalue weighted by atomic mass is 79.9. The van der Waals surface area contributed by atoms with E-state index in [1.165, 1.54) is 12.1 Å². The molecule has 1 aromatic carbocycles. The predicted molar refractivity (Wildman–Crippen MR) is 52.1 cm³/mol. The smallest absolute Gasteiger partial charge is 0.289 e. The van der Waals surface area contributed by atoms with Crippen LogP contribution in [0.15, 0.2) is 16.6 Å². The number of hydrogen-bond acceptors (Lipinski definition) is 1. The fourth-order valence-electron chi connectivity index (χ4n) is 0.964. The van der Waals surface area contributed by atoms with Gasteiger partial charge in [0.05, 0.1) is 17.1 Å². The summed E-state index contributed by atoms with van der Waals surface area (Å²) in [6.07, 6.45) is 0. The SMILES string of the molecule is NCC(F)(F)c1c(Br)ccc(Cl)c1F. The van der Waals surface area contributed by atoms with Crippen LogP contribution in [0.5, 0.6) is 0 Å². The molecule has 78 valence electrons. The first-order chi connectivity index (χ1) is 6.40. The maximum Gasteiger partial charge on any atom is 0.289 e. The molecule has 0 bridgehead atoms. The zero-order valence-electron chi connectivity index (χ0n) is 6.83. The van der Waals surface area contributed by atoms with Crippen LogP contribution in [0, 0.1) is 5.82 Å². The molecule has 0 unspecified atom stereocenters. The molecule has 0 aliphatic carbocycles. The van der Waals surface area contributed by atoms with Gasteiger partial charge in [0.25, 0.3) is 5.92 Å². The van der Waals surface area contributed by atoms with Crippen LogP contribution in [0.3, 0.4) is 0 Å². The van der Waals surface area contributed by atoms with Crippen molar-refractivity contribution < 1.29 is 13.2 Å². The van der Waals surface area contributed by atoms with Crippen LogP contribution in [0.4, 0.5) is 13.2 Å². The molecule has 6 heteroatoms. The van der Waals surface area contributed by atoms with E-state index >= 15 is 0 Å². The van der Waals surface area contributed by atoms with Gasteiger partial charge in [-0.25, -0.2) is 4.39 Å². The fourth-order valence-corrected chi connectivity index (χ4v) is 1.72. The summed E-state index contributed by atoms with van der Waals surface area (Å²) >= 11 is 8.20. The molecule has 0 saturated carbocycles. The quantitative estimate of drug-likeness (QED) is 0.830. The third-order valence-corrected chi connectivity index (χ3v) is 2.62. The Balaban J connectivity index is 3.40. The number of rotatable bonds is 2. The van der Waals surface area contributed by atoms with Crippen molar-refractivity contribution in [3.63, 3.8) is 0 Å². The number of nitrogens with two attached hydrogens (primary N) is 1. The molecule has 1 rings (SSSR count). The highest BCUT2D eigenvalue weighted by Gasteiger charge is 2.35. The van der Waals surface area contributed by atoms with E-state index in [0.717, 1.165) is 0 Å². The van der Waals surface area contributed by atoms with Gasteiger partial charge < -0.3 is 5.73 Å². The van der Waals surface area contributed by atoms with Crippen LogP contribution in [0.25, 0.3) is 0 Å². The average Bonchev–Trinajstić information content (AvgIpc) is 2.12. The molecule has 0 atom stereocenters. The second-order valence-corrected chi connectivity index (χ2v) is 3.89. The lowest BCUT2D eigenvalue weighted by Crippen LogP contribution is -2.27. The lowest BCUT2D eigenvalue weighted by atomic mass is 10.1. The molecule has 0 spiro atoms. The first kappa shape index (κ1) is 11.8. The minimum absolute atomic E-state index is 0.0464. The largest absolute Gasteiger partial charge is 0.325 e. The molecule has 0 radical (unpaired) electrons. The minimum Gasteiger partial charge on any atom is -0.325 e. The lowest BCUT2D eigenvalue weighted by molar-refractivity contribution is 0.00161. The van der Waals surface area contributed by atoms with Gasteiger partial charge in [-0.05, 0) is 12.1 Å². The second-order valence-electron chi connectivity index (χ2n) is 2.63. The van der Waals surface area contributed by atoms with Gasteiger partial charge in [0.2, 0.25) is 0 Å². The van der Waals surface area contributed by atoms with Crippen molar-refractivity contribution in [1.29, 1.82) is 0 Å². The van der Waals surface area contributed by atoms with Gasteiger partial charge in [0.15, 0.2) is 5.82 Å². The summed E-state index contributed by atoms with van der Waals surface area (Å²) in [5, 5.41) is -0.351. The van der Waals surface area contributed by atoms with Gasteiger partial charge in [-0.2, -0.15) is 8.78 Å². The van der Waals surface area contributed by atoms with Crippen LogP contribution >= 0.6 is 27.5 Å². The van der Waals surface area contributed by atoms with E-state index in [-0.39, 0.29) is 9.50 Å². The molecule has 0 fully saturated rings. The minimum atomic E-state index is -3.42. The molecule has 2 N–H and O–H groups in total. The van der Waals surface area contributed by atoms with E-state index in [1.807, 2.05) is 0 Å². The predicted octanol–water partition coefficient (Wildman–Crippen LogP) is 3.29. The molecule has 14 heavy (non-hydrogen) atoms. The Morgan fingerprint density at radius 1 is 1.43 bits per heavy atom. The third kappa shape index (κ3) is 2.04. The van der Waals surface area contributed by atoms with Gasteiger partial charge in [-0.15, -0.1) is 0 Å². The maximum absolute atomic E-state index is 13.2. The zero-order valence-corrected chi connectivity index (χ0v) is 9.17. The van der Waals surface area contributed by atoms with Crippen molar-refractivity contribution in [3.8, 4) is 0 Å². The summed E-state index contributed by atoms with van der Waals surface area (Å²) in [7, 11) is 0. The number of benzene rings is 1. The topological polar surface area (TPSA) is 26.0 Å². The molecule has 1 nitrogen and oxygen atoms in total. The third-order valence-electron chi connectivity index (χ3n) is 1.67. The second kappa shape index (κ2) is 4.08. The summed E-state index contributed by atoms with van der Waals surface area (Å²) in [6, 6.07) is 2.45. The number of hydrogen-bond donors (Lipinski definition) is 1. The Labute approximate surface area is 92.2 Å². The molecule has 0 saturated heterocycles. The van der Waals surface area contributed by atoms with E-state index in [4.69, 9.17) is 17.3 Å². The van der Waals surface area contributed by atoms with E-state index in [9.17, 15) is 13.2 Å². The van der Waals surface area contributed by atoms with E-state index < -0.39 is 23.8 Å². The van der Waals surface area contributed by atoms with Crippen LogP contribution in [-0.2, 0) is 5.92 Å². The molecule has 0 aliphatic heterocycles. The summed E-state index contributed by atoms with van der Waals surface area (Å²) in [4.78, 5) is 0. The van der Waals surface area contributed by atoms with Crippen LogP contribution < -0.4 is 5.73 Å². The van der Waals surface area contributed by atoms with Gasteiger partial charge in [-0.3, -0.25) is 0 Å². The van der Waals surface area contributed by atoms with Gasteiger partial charge in [0, 0.05) is 4.47 Å². The standard InChI is InChI=1S/C8H6BrClF3N/c9-4-1-2-5(10)7(11)6(4)8(12,13)3-14/h1-2H,3,14H2. The highest BCUT2D eigenvalue weighted by Crippen LogP contribution is 2.37. The number of alkyl halides is 2. The van der Waals surface area contributed by atoms with Crippen molar-refractivity contribution in [2.75, 3.05) is 6.54 Å². The van der Waals surface area contributed by atoms with E-state index in [2.05, 4.69) is 15.9 Å². The molecular formula is C8H6BrClF3N. The summed E-state index contributed by atoms with van der Waals surface area (Å²) in [6.45, 7) is -0.969. The van der Waals surface area contributed by atoms with E-state index in [0.29, 0.717) is 0 Å². The summed E-state index contributed by atoms with van der Waals surface area (Å²) < 4.78 is 39.5. The van der Waals surface area contributed by atoms with Crippen molar-refractivity contribution in [1.82, 2.24) is 0 Å². The lowest BCUT2D eigenvalue weighted by Gasteiger charge is -2.17. The maximum atomic E-state index is 13.2. The molecular weight excluding hydrogens is 282 g/mol. The van der Waals surface area contributed by atoms with Crippen molar-refractivity contribution >= 4 is 27.5 Å².